The maximum atomic E-state index is 3.14. The Morgan fingerprint density at radius 3 is 2.29 bits per heavy atom. The average Bonchev–Trinajstić information content (AvgIpc) is 2.35. The van der Waals surface area contributed by atoms with Crippen molar-refractivity contribution < 1.29 is 0 Å². The number of rotatable bonds is 3. The van der Waals surface area contributed by atoms with Gasteiger partial charge in [-0.05, 0) is 49.1 Å². The van der Waals surface area contributed by atoms with Crippen molar-refractivity contribution in [1.82, 2.24) is 0 Å². The van der Waals surface area contributed by atoms with Gasteiger partial charge in [-0.2, -0.15) is 0 Å². The van der Waals surface area contributed by atoms with Gasteiger partial charge in [0.05, 0.1) is 0 Å². The Hall–Kier alpha value is -1.76. The molecule has 0 heterocycles. The zero-order chi connectivity index (χ0) is 12.3. The molecular weight excluding hydrogens is 206 g/mol. The third-order valence-corrected chi connectivity index (χ3v) is 3.14. The zero-order valence-electron chi connectivity index (χ0n) is 10.7. The van der Waals surface area contributed by atoms with Crippen LogP contribution in [0.25, 0.3) is 0 Å². The second-order valence-electron chi connectivity index (χ2n) is 4.55. The van der Waals surface area contributed by atoms with Crippen molar-refractivity contribution in [1.29, 1.82) is 0 Å². The van der Waals surface area contributed by atoms with Gasteiger partial charge in [0.25, 0.3) is 0 Å². The molecule has 1 N–H and O–H groups in total. The first-order valence-electron chi connectivity index (χ1n) is 6.02. The Balaban J connectivity index is 2.22. The minimum Gasteiger partial charge on any atom is -0.388 e. The summed E-state index contributed by atoms with van der Waals surface area (Å²) in [5.41, 5.74) is 6.64. The summed E-state index contributed by atoms with van der Waals surface area (Å²) in [7, 11) is 1.94. The van der Waals surface area contributed by atoms with Crippen LogP contribution < -0.4 is 5.32 Å². The van der Waals surface area contributed by atoms with E-state index in [4.69, 9.17) is 0 Å². The summed E-state index contributed by atoms with van der Waals surface area (Å²) < 4.78 is 0. The van der Waals surface area contributed by atoms with Gasteiger partial charge in [-0.1, -0.05) is 35.9 Å². The number of aryl methyl sites for hydroxylation is 2. The number of anilines is 1. The first-order chi connectivity index (χ1) is 8.19. The highest BCUT2D eigenvalue weighted by molar-refractivity contribution is 5.45. The van der Waals surface area contributed by atoms with Gasteiger partial charge >= 0.3 is 0 Å². The molecule has 2 rings (SSSR count). The number of hydrogen-bond donors (Lipinski definition) is 1. The molecule has 0 radical (unpaired) electrons. The first kappa shape index (κ1) is 11.7. The minimum absolute atomic E-state index is 1.01. The van der Waals surface area contributed by atoms with Crippen molar-refractivity contribution in [2.24, 2.45) is 0 Å². The van der Waals surface area contributed by atoms with Gasteiger partial charge in [0, 0.05) is 12.7 Å². The van der Waals surface area contributed by atoms with Gasteiger partial charge < -0.3 is 5.32 Å². The maximum Gasteiger partial charge on any atom is 0.0337 e. The van der Waals surface area contributed by atoms with Crippen molar-refractivity contribution in [2.45, 2.75) is 20.3 Å². The largest absolute Gasteiger partial charge is 0.388 e. The van der Waals surface area contributed by atoms with E-state index in [-0.39, 0.29) is 0 Å². The minimum atomic E-state index is 1.01. The molecule has 0 amide bonds. The van der Waals surface area contributed by atoms with Gasteiger partial charge in [0.2, 0.25) is 0 Å². The highest BCUT2D eigenvalue weighted by Gasteiger charge is 2.00. The van der Waals surface area contributed by atoms with E-state index in [1.807, 2.05) is 7.05 Å². The number of hydrogen-bond acceptors (Lipinski definition) is 1. The summed E-state index contributed by atoms with van der Waals surface area (Å²) in [5, 5.41) is 3.14. The Labute approximate surface area is 103 Å². The molecule has 0 aromatic heterocycles. The van der Waals surface area contributed by atoms with Gasteiger partial charge in [-0.25, -0.2) is 0 Å². The lowest BCUT2D eigenvalue weighted by molar-refractivity contribution is 1.14. The highest BCUT2D eigenvalue weighted by Crippen LogP contribution is 2.17. The third kappa shape index (κ3) is 2.88. The molecular formula is C16H19N. The normalized spacial score (nSPS) is 10.3. The molecule has 88 valence electrons. The summed E-state index contributed by atoms with van der Waals surface area (Å²) in [6.45, 7) is 4.32. The molecule has 2 aromatic rings. The molecule has 2 aromatic carbocycles. The summed E-state index contributed by atoms with van der Waals surface area (Å²) in [6, 6.07) is 15.3. The Kier molecular flexibility index (Phi) is 3.48. The molecule has 0 fully saturated rings. The van der Waals surface area contributed by atoms with Crippen molar-refractivity contribution in [3.8, 4) is 0 Å². The van der Waals surface area contributed by atoms with E-state index >= 15 is 0 Å². The predicted octanol–water partition coefficient (Wildman–Crippen LogP) is 3.94. The van der Waals surface area contributed by atoms with E-state index in [9.17, 15) is 0 Å². The molecule has 0 spiro atoms. The second-order valence-corrected chi connectivity index (χ2v) is 4.55. The predicted molar refractivity (Wildman–Crippen MR) is 74.7 cm³/mol. The van der Waals surface area contributed by atoms with Crippen molar-refractivity contribution in [2.75, 3.05) is 12.4 Å². The zero-order valence-corrected chi connectivity index (χ0v) is 10.7. The lowest BCUT2D eigenvalue weighted by atomic mass is 9.98. The van der Waals surface area contributed by atoms with E-state index in [1.165, 1.54) is 22.3 Å². The average molecular weight is 225 g/mol. The van der Waals surface area contributed by atoms with Crippen LogP contribution >= 0.6 is 0 Å². The lowest BCUT2D eigenvalue weighted by Crippen LogP contribution is -1.93. The molecule has 0 aliphatic heterocycles. The smallest absolute Gasteiger partial charge is 0.0337 e. The van der Waals surface area contributed by atoms with Gasteiger partial charge in [-0.3, -0.25) is 0 Å². The van der Waals surface area contributed by atoms with Crippen molar-refractivity contribution in [3.63, 3.8) is 0 Å². The third-order valence-electron chi connectivity index (χ3n) is 3.14. The van der Waals surface area contributed by atoms with Gasteiger partial charge in [0.1, 0.15) is 0 Å². The fourth-order valence-electron chi connectivity index (χ4n) is 2.00. The van der Waals surface area contributed by atoms with Crippen LogP contribution in [0.2, 0.25) is 0 Å². The van der Waals surface area contributed by atoms with Crippen LogP contribution in [-0.4, -0.2) is 7.05 Å². The molecule has 0 saturated carbocycles. The molecule has 0 saturated heterocycles. The van der Waals surface area contributed by atoms with Crippen LogP contribution in [0.4, 0.5) is 5.69 Å². The molecule has 0 atom stereocenters. The SMILES string of the molecule is CNc1ccc(Cc2cc(C)ccc2C)cc1. The first-order valence-corrected chi connectivity index (χ1v) is 6.02. The fourth-order valence-corrected chi connectivity index (χ4v) is 2.00. The van der Waals surface area contributed by atoms with E-state index in [0.29, 0.717) is 0 Å². The van der Waals surface area contributed by atoms with E-state index in [1.54, 1.807) is 0 Å². The van der Waals surface area contributed by atoms with Crippen LogP contribution in [0, 0.1) is 13.8 Å². The Morgan fingerprint density at radius 1 is 0.941 bits per heavy atom. The lowest BCUT2D eigenvalue weighted by Gasteiger charge is -2.08. The van der Waals surface area contributed by atoms with Crippen LogP contribution in [-0.2, 0) is 6.42 Å². The van der Waals surface area contributed by atoms with E-state index in [0.717, 1.165) is 12.1 Å². The molecule has 1 heteroatoms. The van der Waals surface area contributed by atoms with Crippen molar-refractivity contribution >= 4 is 5.69 Å². The molecule has 0 aliphatic carbocycles. The Morgan fingerprint density at radius 2 is 1.65 bits per heavy atom. The molecule has 0 bridgehead atoms. The van der Waals surface area contributed by atoms with Gasteiger partial charge in [0.15, 0.2) is 0 Å². The van der Waals surface area contributed by atoms with E-state index < -0.39 is 0 Å². The molecule has 17 heavy (non-hydrogen) atoms. The highest BCUT2D eigenvalue weighted by atomic mass is 14.8. The molecule has 0 unspecified atom stereocenters. The molecule has 0 aliphatic rings. The standard InChI is InChI=1S/C16H19N/c1-12-4-5-13(2)15(10-12)11-14-6-8-16(17-3)9-7-14/h4-10,17H,11H2,1-3H3. The number of nitrogens with one attached hydrogen (secondary N) is 1. The monoisotopic (exact) mass is 225 g/mol. The molecule has 1 nitrogen and oxygen atoms in total. The second kappa shape index (κ2) is 5.05. The summed E-state index contributed by atoms with van der Waals surface area (Å²) in [4.78, 5) is 0. The Bertz CT molecular complexity index is 497. The fraction of sp³-hybridized carbons (Fsp3) is 0.250. The van der Waals surface area contributed by atoms with Crippen LogP contribution in [0.3, 0.4) is 0 Å². The summed E-state index contributed by atoms with van der Waals surface area (Å²) >= 11 is 0. The van der Waals surface area contributed by atoms with Gasteiger partial charge in [-0.15, -0.1) is 0 Å². The number of benzene rings is 2. The van der Waals surface area contributed by atoms with Crippen LogP contribution in [0.1, 0.15) is 22.3 Å². The summed E-state index contributed by atoms with van der Waals surface area (Å²) in [6.07, 6.45) is 1.01. The topological polar surface area (TPSA) is 12.0 Å². The van der Waals surface area contributed by atoms with Crippen LogP contribution in [0.15, 0.2) is 42.5 Å². The van der Waals surface area contributed by atoms with E-state index in [2.05, 4.69) is 61.6 Å². The summed E-state index contributed by atoms with van der Waals surface area (Å²) in [5.74, 6) is 0. The van der Waals surface area contributed by atoms with Crippen LogP contribution in [0.5, 0.6) is 0 Å². The quantitative estimate of drug-likeness (QED) is 0.834. The van der Waals surface area contributed by atoms with Crippen molar-refractivity contribution in [3.05, 3.63) is 64.7 Å². The maximum absolute atomic E-state index is 3.14.